The quantitative estimate of drug-likeness (QED) is 0.887. The molecule has 1 saturated heterocycles. The molecule has 0 bridgehead atoms. The van der Waals surface area contributed by atoms with Crippen LogP contribution in [-0.2, 0) is 13.0 Å². The molecule has 2 saturated carbocycles. The summed E-state index contributed by atoms with van der Waals surface area (Å²) in [5.41, 5.74) is 0.0484. The van der Waals surface area contributed by atoms with Gasteiger partial charge >= 0.3 is 0 Å². The summed E-state index contributed by atoms with van der Waals surface area (Å²) in [6, 6.07) is 0.257. The average molecular weight is 328 g/mol. The summed E-state index contributed by atoms with van der Waals surface area (Å²) in [6.45, 7) is 4.38. The monoisotopic (exact) mass is 328 g/mol. The zero-order valence-corrected chi connectivity index (χ0v) is 14.0. The Kier molecular flexibility index (Phi) is 3.14. The van der Waals surface area contributed by atoms with Gasteiger partial charge in [0.15, 0.2) is 0 Å². The van der Waals surface area contributed by atoms with Crippen LogP contribution >= 0.6 is 0 Å². The van der Waals surface area contributed by atoms with E-state index in [9.17, 15) is 9.59 Å². The highest BCUT2D eigenvalue weighted by Gasteiger charge is 2.44. The number of aromatic nitrogens is 2. The summed E-state index contributed by atoms with van der Waals surface area (Å²) in [4.78, 5) is 31.3. The van der Waals surface area contributed by atoms with E-state index in [0.29, 0.717) is 0 Å². The minimum absolute atomic E-state index is 0.204. The highest BCUT2D eigenvalue weighted by molar-refractivity contribution is 5.93. The summed E-state index contributed by atoms with van der Waals surface area (Å²) < 4.78 is 2.06. The third-order valence-electron chi connectivity index (χ3n) is 6.00. The maximum Gasteiger partial charge on any atom is 0.285 e. The molecule has 1 atom stereocenters. The van der Waals surface area contributed by atoms with Crippen molar-refractivity contribution < 1.29 is 4.79 Å². The molecule has 0 radical (unpaired) electrons. The van der Waals surface area contributed by atoms with Crippen molar-refractivity contribution >= 4 is 5.91 Å². The van der Waals surface area contributed by atoms with Crippen molar-refractivity contribution in [2.75, 3.05) is 19.6 Å². The number of likely N-dealkylation sites (tertiary alicyclic amines) is 1. The topological polar surface area (TPSA) is 67.2 Å². The van der Waals surface area contributed by atoms with E-state index in [2.05, 4.69) is 19.8 Å². The van der Waals surface area contributed by atoms with Crippen LogP contribution in [0.1, 0.15) is 48.3 Å². The van der Waals surface area contributed by atoms with Crippen LogP contribution in [0.3, 0.4) is 0 Å². The van der Waals surface area contributed by atoms with E-state index in [-0.39, 0.29) is 28.5 Å². The van der Waals surface area contributed by atoms with Crippen molar-refractivity contribution in [2.24, 2.45) is 11.3 Å². The zero-order valence-electron chi connectivity index (χ0n) is 14.0. The van der Waals surface area contributed by atoms with E-state index in [0.717, 1.165) is 50.6 Å². The average Bonchev–Trinajstić information content (AvgIpc) is 3.45. The Bertz CT molecular complexity index is 750. The second kappa shape index (κ2) is 5.15. The van der Waals surface area contributed by atoms with Gasteiger partial charge in [0, 0.05) is 43.7 Å². The van der Waals surface area contributed by atoms with Crippen LogP contribution in [-0.4, -0.2) is 46.0 Å². The van der Waals surface area contributed by atoms with Crippen molar-refractivity contribution in [3.8, 4) is 0 Å². The second-order valence-corrected chi connectivity index (χ2v) is 8.36. The first-order valence-corrected chi connectivity index (χ1v) is 9.24. The van der Waals surface area contributed by atoms with Crippen LogP contribution in [0.15, 0.2) is 11.0 Å². The number of hydrogen-bond acceptors (Lipinski definition) is 4. The van der Waals surface area contributed by atoms with Crippen LogP contribution in [0.4, 0.5) is 0 Å². The summed E-state index contributed by atoms with van der Waals surface area (Å²) in [6.07, 6.45) is 8.60. The molecule has 0 unspecified atom stereocenters. The van der Waals surface area contributed by atoms with E-state index in [1.807, 2.05) is 0 Å². The smallest absolute Gasteiger partial charge is 0.285 e. The number of nitrogens with zero attached hydrogens (tertiary/aromatic N) is 3. The fourth-order valence-electron chi connectivity index (χ4n) is 4.33. The molecule has 2 aliphatic heterocycles. The first kappa shape index (κ1) is 14.6. The maximum absolute atomic E-state index is 12.2. The summed E-state index contributed by atoms with van der Waals surface area (Å²) in [7, 11) is 0. The SMILES string of the molecule is O=C(NC1CC1)c1cn2c(nc1=O)C[C@@]1(CCN(CC3CC3)C1)C2. The number of nitrogens with one attached hydrogen (secondary N) is 1. The molecule has 3 fully saturated rings. The van der Waals surface area contributed by atoms with E-state index in [1.54, 1.807) is 6.20 Å². The number of carbonyl (C=O) groups excluding carboxylic acids is 1. The Morgan fingerprint density at radius 1 is 1.29 bits per heavy atom. The lowest BCUT2D eigenvalue weighted by Crippen LogP contribution is -2.32. The molecule has 3 heterocycles. The number of rotatable bonds is 4. The lowest BCUT2D eigenvalue weighted by molar-refractivity contribution is 0.0948. The number of fused-ring (bicyclic) bond motifs is 1. The van der Waals surface area contributed by atoms with E-state index in [4.69, 9.17) is 0 Å². The Morgan fingerprint density at radius 2 is 2.12 bits per heavy atom. The summed E-state index contributed by atoms with van der Waals surface area (Å²) >= 11 is 0. The lowest BCUT2D eigenvalue weighted by atomic mass is 9.86. The Balaban J connectivity index is 1.34. The van der Waals surface area contributed by atoms with Gasteiger partial charge in [-0.2, -0.15) is 4.98 Å². The van der Waals surface area contributed by atoms with Gasteiger partial charge in [-0.3, -0.25) is 9.59 Å². The lowest BCUT2D eigenvalue weighted by Gasteiger charge is -2.22. The predicted octanol–water partition coefficient (Wildman–Crippen LogP) is 0.794. The summed E-state index contributed by atoms with van der Waals surface area (Å²) in [5.74, 6) is 1.52. The van der Waals surface area contributed by atoms with Gasteiger partial charge in [-0.25, -0.2) is 0 Å². The Morgan fingerprint density at radius 3 is 2.88 bits per heavy atom. The van der Waals surface area contributed by atoms with Crippen molar-refractivity contribution in [1.29, 1.82) is 0 Å². The Hall–Kier alpha value is -1.69. The van der Waals surface area contributed by atoms with Gasteiger partial charge in [-0.05, 0) is 44.6 Å². The highest BCUT2D eigenvalue weighted by Crippen LogP contribution is 2.41. The van der Waals surface area contributed by atoms with Crippen molar-refractivity contribution in [2.45, 2.75) is 51.1 Å². The van der Waals surface area contributed by atoms with Gasteiger partial charge in [0.25, 0.3) is 11.5 Å². The maximum atomic E-state index is 12.2. The third-order valence-corrected chi connectivity index (χ3v) is 6.00. The van der Waals surface area contributed by atoms with Gasteiger partial charge in [0.1, 0.15) is 11.4 Å². The van der Waals surface area contributed by atoms with Crippen molar-refractivity contribution in [3.63, 3.8) is 0 Å². The van der Waals surface area contributed by atoms with E-state index < -0.39 is 0 Å². The predicted molar refractivity (Wildman–Crippen MR) is 88.9 cm³/mol. The first-order valence-electron chi connectivity index (χ1n) is 9.24. The van der Waals surface area contributed by atoms with Crippen LogP contribution in [0, 0.1) is 11.3 Å². The van der Waals surface area contributed by atoms with Crippen LogP contribution in [0.25, 0.3) is 0 Å². The van der Waals surface area contributed by atoms with Crippen molar-refractivity contribution in [3.05, 3.63) is 27.9 Å². The number of carbonyl (C=O) groups is 1. The molecular formula is C18H24N4O2. The molecular weight excluding hydrogens is 304 g/mol. The van der Waals surface area contributed by atoms with Gasteiger partial charge in [-0.1, -0.05) is 0 Å². The van der Waals surface area contributed by atoms with Gasteiger partial charge < -0.3 is 14.8 Å². The normalized spacial score (nSPS) is 29.2. The molecule has 128 valence electrons. The molecule has 6 nitrogen and oxygen atoms in total. The van der Waals surface area contributed by atoms with E-state index in [1.165, 1.54) is 25.8 Å². The molecule has 1 aromatic heterocycles. The fraction of sp³-hybridized carbons (Fsp3) is 0.722. The Labute approximate surface area is 141 Å². The zero-order chi connectivity index (χ0) is 16.3. The molecule has 5 rings (SSSR count). The van der Waals surface area contributed by atoms with Crippen LogP contribution in [0.2, 0.25) is 0 Å². The van der Waals surface area contributed by atoms with Gasteiger partial charge in [0.05, 0.1) is 0 Å². The number of hydrogen-bond donors (Lipinski definition) is 1. The highest BCUT2D eigenvalue weighted by atomic mass is 16.2. The van der Waals surface area contributed by atoms with Gasteiger partial charge in [0.2, 0.25) is 0 Å². The molecule has 1 spiro atoms. The fourth-order valence-corrected chi connectivity index (χ4v) is 4.33. The van der Waals surface area contributed by atoms with E-state index >= 15 is 0 Å². The molecule has 2 aliphatic carbocycles. The van der Waals surface area contributed by atoms with Crippen LogP contribution < -0.4 is 10.9 Å². The molecule has 6 heteroatoms. The molecule has 1 N–H and O–H groups in total. The minimum Gasteiger partial charge on any atom is -0.349 e. The van der Waals surface area contributed by atoms with Gasteiger partial charge in [-0.15, -0.1) is 0 Å². The molecule has 4 aliphatic rings. The van der Waals surface area contributed by atoms with Crippen molar-refractivity contribution in [1.82, 2.24) is 19.8 Å². The largest absolute Gasteiger partial charge is 0.349 e. The third kappa shape index (κ3) is 2.66. The first-order chi connectivity index (χ1) is 11.6. The molecule has 1 amide bonds. The number of amides is 1. The molecule has 0 aromatic carbocycles. The molecule has 1 aromatic rings. The summed E-state index contributed by atoms with van der Waals surface area (Å²) in [5, 5.41) is 2.90. The standard InChI is InChI=1S/C18H24N4O2/c23-16(19-13-3-4-13)14-9-22-11-18(7-15(22)20-17(14)24)5-6-21(10-18)8-12-1-2-12/h9,12-13H,1-8,10-11H2,(H,19,23)/t18-/m1/s1. The van der Waals surface area contributed by atoms with Crippen LogP contribution in [0.5, 0.6) is 0 Å². The minimum atomic E-state index is -0.371. The second-order valence-electron chi connectivity index (χ2n) is 8.36. The molecule has 24 heavy (non-hydrogen) atoms.